The van der Waals surface area contributed by atoms with Crippen molar-refractivity contribution >= 4 is 17.8 Å². The summed E-state index contributed by atoms with van der Waals surface area (Å²) in [6.45, 7) is 5.81. The van der Waals surface area contributed by atoms with Gasteiger partial charge in [-0.3, -0.25) is 9.59 Å². The second-order valence-corrected chi connectivity index (χ2v) is 5.95. The molecule has 0 fully saturated rings. The molecule has 0 aliphatic carbocycles. The number of hydrogen-bond donors (Lipinski definition) is 2. The summed E-state index contributed by atoms with van der Waals surface area (Å²) in [5, 5.41) is 11.8. The predicted octanol–water partition coefficient (Wildman–Crippen LogP) is 2.04. The van der Waals surface area contributed by atoms with E-state index in [0.29, 0.717) is 13.0 Å². The van der Waals surface area contributed by atoms with Gasteiger partial charge < -0.3 is 15.3 Å². The molecule has 0 heterocycles. The number of aliphatic carboxylic acids is 1. The van der Waals surface area contributed by atoms with Crippen LogP contribution in [0.5, 0.6) is 0 Å². The Morgan fingerprint density at radius 2 is 1.83 bits per heavy atom. The Bertz CT molecular complexity index is 559. The van der Waals surface area contributed by atoms with Crippen molar-refractivity contribution in [1.82, 2.24) is 10.2 Å². The molecule has 0 saturated carbocycles. The molecular formula is C18H26N2O4. The third kappa shape index (κ3) is 6.40. The lowest BCUT2D eigenvalue weighted by molar-refractivity contribution is -0.143. The molecule has 1 aromatic rings. The third-order valence-corrected chi connectivity index (χ3v) is 4.07. The number of carbonyl (C=O) groups excluding carboxylic acids is 2. The van der Waals surface area contributed by atoms with E-state index in [0.717, 1.165) is 5.56 Å². The van der Waals surface area contributed by atoms with Gasteiger partial charge in [0.25, 0.3) is 0 Å². The molecule has 0 radical (unpaired) electrons. The molecule has 2 atom stereocenters. The first-order valence-corrected chi connectivity index (χ1v) is 8.16. The van der Waals surface area contributed by atoms with Crippen LogP contribution in [0.3, 0.4) is 0 Å². The number of benzene rings is 1. The van der Waals surface area contributed by atoms with Crippen LogP contribution in [0.2, 0.25) is 0 Å². The standard InChI is InChI=1S/C18H26N2O4/c1-4-13(2)17(18(23)24)19-16(22)10-11-20(14(3)21)12-15-8-6-5-7-9-15/h5-9,13,17H,4,10-12H2,1-3H3,(H,19,22)(H,23,24). The molecule has 132 valence electrons. The highest BCUT2D eigenvalue weighted by Gasteiger charge is 2.25. The van der Waals surface area contributed by atoms with Crippen LogP contribution in [-0.4, -0.2) is 40.4 Å². The van der Waals surface area contributed by atoms with Crippen LogP contribution in [0, 0.1) is 5.92 Å². The Morgan fingerprint density at radius 1 is 1.21 bits per heavy atom. The SMILES string of the molecule is CCC(C)C(NC(=O)CCN(Cc1ccccc1)C(C)=O)C(=O)O. The van der Waals surface area contributed by atoms with Gasteiger partial charge in [0.15, 0.2) is 0 Å². The van der Waals surface area contributed by atoms with Gasteiger partial charge >= 0.3 is 5.97 Å². The topological polar surface area (TPSA) is 86.7 Å². The van der Waals surface area contributed by atoms with E-state index in [1.54, 1.807) is 11.8 Å². The van der Waals surface area contributed by atoms with Crippen LogP contribution >= 0.6 is 0 Å². The van der Waals surface area contributed by atoms with Crippen LogP contribution in [0.15, 0.2) is 30.3 Å². The van der Waals surface area contributed by atoms with E-state index in [-0.39, 0.29) is 30.7 Å². The number of carbonyl (C=O) groups is 3. The molecule has 1 aromatic carbocycles. The molecule has 0 aliphatic heterocycles. The van der Waals surface area contributed by atoms with Crippen molar-refractivity contribution in [3.63, 3.8) is 0 Å². The molecule has 0 aromatic heterocycles. The molecule has 2 N–H and O–H groups in total. The van der Waals surface area contributed by atoms with Crippen LogP contribution in [-0.2, 0) is 20.9 Å². The maximum absolute atomic E-state index is 12.0. The van der Waals surface area contributed by atoms with Gasteiger partial charge in [0.05, 0.1) is 0 Å². The molecule has 2 amide bonds. The van der Waals surface area contributed by atoms with Gasteiger partial charge in [-0.1, -0.05) is 50.6 Å². The van der Waals surface area contributed by atoms with Crippen LogP contribution in [0.4, 0.5) is 0 Å². The van der Waals surface area contributed by atoms with Gasteiger partial charge in [-0.05, 0) is 11.5 Å². The van der Waals surface area contributed by atoms with Crippen molar-refractivity contribution in [2.24, 2.45) is 5.92 Å². The van der Waals surface area contributed by atoms with E-state index in [2.05, 4.69) is 5.32 Å². The molecule has 24 heavy (non-hydrogen) atoms. The minimum atomic E-state index is -1.04. The number of carboxylic acid groups (broad SMARTS) is 1. The Balaban J connectivity index is 2.58. The quantitative estimate of drug-likeness (QED) is 0.723. The van der Waals surface area contributed by atoms with Gasteiger partial charge in [-0.25, -0.2) is 4.79 Å². The minimum Gasteiger partial charge on any atom is -0.480 e. The zero-order valence-corrected chi connectivity index (χ0v) is 14.5. The molecule has 0 spiro atoms. The van der Waals surface area contributed by atoms with Gasteiger partial charge in [0.1, 0.15) is 6.04 Å². The molecular weight excluding hydrogens is 308 g/mol. The molecule has 6 nitrogen and oxygen atoms in total. The summed E-state index contributed by atoms with van der Waals surface area (Å²) >= 11 is 0. The molecule has 1 rings (SSSR count). The first-order valence-electron chi connectivity index (χ1n) is 8.16. The predicted molar refractivity (Wildman–Crippen MR) is 91.2 cm³/mol. The van der Waals surface area contributed by atoms with Crippen molar-refractivity contribution in [1.29, 1.82) is 0 Å². The smallest absolute Gasteiger partial charge is 0.326 e. The largest absolute Gasteiger partial charge is 0.480 e. The fourth-order valence-corrected chi connectivity index (χ4v) is 2.32. The normalized spacial score (nSPS) is 13.0. The van der Waals surface area contributed by atoms with Crippen molar-refractivity contribution in [3.05, 3.63) is 35.9 Å². The average Bonchev–Trinajstić information content (AvgIpc) is 2.56. The summed E-state index contributed by atoms with van der Waals surface area (Å²) in [5.74, 6) is -1.67. The molecule has 0 saturated heterocycles. The fraction of sp³-hybridized carbons (Fsp3) is 0.500. The lowest BCUT2D eigenvalue weighted by Crippen LogP contribution is -2.46. The second kappa shape index (κ2) is 9.70. The molecule has 0 bridgehead atoms. The highest BCUT2D eigenvalue weighted by Crippen LogP contribution is 2.09. The molecule has 6 heteroatoms. The van der Waals surface area contributed by atoms with E-state index in [9.17, 15) is 19.5 Å². The van der Waals surface area contributed by atoms with Gasteiger partial charge in [-0.2, -0.15) is 0 Å². The van der Waals surface area contributed by atoms with E-state index in [1.807, 2.05) is 37.3 Å². The maximum atomic E-state index is 12.0. The zero-order chi connectivity index (χ0) is 18.1. The Hall–Kier alpha value is -2.37. The Morgan fingerprint density at radius 3 is 2.33 bits per heavy atom. The lowest BCUT2D eigenvalue weighted by atomic mass is 9.99. The summed E-state index contributed by atoms with van der Waals surface area (Å²) in [6.07, 6.45) is 0.734. The second-order valence-electron chi connectivity index (χ2n) is 5.95. The number of nitrogens with zero attached hydrogens (tertiary/aromatic N) is 1. The summed E-state index contributed by atoms with van der Waals surface area (Å²) in [7, 11) is 0. The first kappa shape index (κ1) is 19.7. The average molecular weight is 334 g/mol. The van der Waals surface area contributed by atoms with E-state index in [4.69, 9.17) is 0 Å². The number of carboxylic acids is 1. The highest BCUT2D eigenvalue weighted by atomic mass is 16.4. The summed E-state index contributed by atoms with van der Waals surface area (Å²) in [6, 6.07) is 8.62. The third-order valence-electron chi connectivity index (χ3n) is 4.07. The van der Waals surface area contributed by atoms with Crippen LogP contribution in [0.1, 0.15) is 39.2 Å². The molecule has 0 aliphatic rings. The van der Waals surface area contributed by atoms with Gasteiger partial charge in [0, 0.05) is 26.4 Å². The van der Waals surface area contributed by atoms with Gasteiger partial charge in [-0.15, -0.1) is 0 Å². The van der Waals surface area contributed by atoms with Crippen molar-refractivity contribution in [2.75, 3.05) is 6.54 Å². The Labute approximate surface area is 142 Å². The number of nitrogens with one attached hydrogen (secondary N) is 1. The number of hydrogen-bond acceptors (Lipinski definition) is 3. The summed E-state index contributed by atoms with van der Waals surface area (Å²) < 4.78 is 0. The highest BCUT2D eigenvalue weighted by molar-refractivity contribution is 5.84. The lowest BCUT2D eigenvalue weighted by Gasteiger charge is -2.23. The monoisotopic (exact) mass is 334 g/mol. The maximum Gasteiger partial charge on any atom is 0.326 e. The minimum absolute atomic E-state index is 0.0760. The van der Waals surface area contributed by atoms with Crippen molar-refractivity contribution in [3.8, 4) is 0 Å². The zero-order valence-electron chi connectivity index (χ0n) is 14.5. The van der Waals surface area contributed by atoms with E-state index >= 15 is 0 Å². The summed E-state index contributed by atoms with van der Waals surface area (Å²) in [4.78, 5) is 36.6. The summed E-state index contributed by atoms with van der Waals surface area (Å²) in [5.41, 5.74) is 0.983. The van der Waals surface area contributed by atoms with Crippen molar-refractivity contribution in [2.45, 2.75) is 46.2 Å². The van der Waals surface area contributed by atoms with Gasteiger partial charge in [0.2, 0.25) is 11.8 Å². The van der Waals surface area contributed by atoms with E-state index in [1.165, 1.54) is 6.92 Å². The Kier molecular flexibility index (Phi) is 7.95. The van der Waals surface area contributed by atoms with Crippen LogP contribution in [0.25, 0.3) is 0 Å². The molecule has 2 unspecified atom stereocenters. The van der Waals surface area contributed by atoms with Crippen LogP contribution < -0.4 is 5.32 Å². The van der Waals surface area contributed by atoms with E-state index < -0.39 is 12.0 Å². The first-order chi connectivity index (χ1) is 11.3. The fourth-order valence-electron chi connectivity index (χ4n) is 2.32. The van der Waals surface area contributed by atoms with Crippen molar-refractivity contribution < 1.29 is 19.5 Å². The number of amides is 2. The number of rotatable bonds is 9.